The number of hydrogen-bond donors (Lipinski definition) is 0. The number of benzene rings is 2. The Labute approximate surface area is 167 Å². The van der Waals surface area contributed by atoms with Crippen LogP contribution in [0.15, 0.2) is 54.6 Å². The lowest BCUT2D eigenvalue weighted by Gasteiger charge is -2.37. The lowest BCUT2D eigenvalue weighted by molar-refractivity contribution is -0.142. The normalized spacial score (nSPS) is 15.9. The van der Waals surface area contributed by atoms with Crippen molar-refractivity contribution < 1.29 is 14.3 Å². The minimum absolute atomic E-state index is 0.163. The van der Waals surface area contributed by atoms with Gasteiger partial charge in [-0.3, -0.25) is 9.69 Å². The molecule has 28 heavy (non-hydrogen) atoms. The molecule has 3 rings (SSSR count). The molecular formula is C23H30N2O3. The second-order valence-corrected chi connectivity index (χ2v) is 7.18. The van der Waals surface area contributed by atoms with E-state index in [0.717, 1.165) is 44.0 Å². The molecule has 1 aliphatic rings. The van der Waals surface area contributed by atoms with Crippen molar-refractivity contribution >= 4 is 11.7 Å². The average molecular weight is 383 g/mol. The zero-order valence-corrected chi connectivity index (χ0v) is 16.8. The highest BCUT2D eigenvalue weighted by Gasteiger charge is 2.19. The Hall–Kier alpha value is -2.53. The van der Waals surface area contributed by atoms with Crippen LogP contribution in [0.4, 0.5) is 5.69 Å². The maximum atomic E-state index is 11.6. The Balaban J connectivity index is 1.44. The van der Waals surface area contributed by atoms with Crippen LogP contribution >= 0.6 is 0 Å². The smallest absolute Gasteiger partial charge is 0.310 e. The first kappa shape index (κ1) is 20.2. The molecule has 150 valence electrons. The molecule has 5 heteroatoms. The van der Waals surface area contributed by atoms with E-state index in [4.69, 9.17) is 9.47 Å². The van der Waals surface area contributed by atoms with Gasteiger partial charge in [0.1, 0.15) is 11.9 Å². The van der Waals surface area contributed by atoms with Gasteiger partial charge in [-0.2, -0.15) is 0 Å². The fraction of sp³-hybridized carbons (Fsp3) is 0.435. The minimum Gasteiger partial charge on any atom is -0.489 e. The number of carbonyl (C=O) groups is 1. The van der Waals surface area contributed by atoms with Crippen LogP contribution in [0.2, 0.25) is 0 Å². The Kier molecular flexibility index (Phi) is 7.31. The van der Waals surface area contributed by atoms with Crippen molar-refractivity contribution in [1.29, 1.82) is 0 Å². The molecule has 2 aromatic rings. The maximum Gasteiger partial charge on any atom is 0.310 e. The number of carbonyl (C=O) groups excluding carboxylic acids is 1. The molecule has 1 saturated heterocycles. The summed E-state index contributed by atoms with van der Waals surface area (Å²) in [5.74, 6) is 0.757. The van der Waals surface area contributed by atoms with Crippen LogP contribution in [-0.2, 0) is 16.0 Å². The van der Waals surface area contributed by atoms with Crippen LogP contribution < -0.4 is 9.64 Å². The Bertz CT molecular complexity index is 725. The van der Waals surface area contributed by atoms with Gasteiger partial charge in [0.2, 0.25) is 0 Å². The molecule has 0 aliphatic carbocycles. The molecule has 1 atom stereocenters. The van der Waals surface area contributed by atoms with Crippen LogP contribution in [0, 0.1) is 0 Å². The van der Waals surface area contributed by atoms with Gasteiger partial charge >= 0.3 is 5.97 Å². The fourth-order valence-electron chi connectivity index (χ4n) is 3.52. The van der Waals surface area contributed by atoms with Crippen molar-refractivity contribution in [2.45, 2.75) is 26.4 Å². The van der Waals surface area contributed by atoms with Crippen molar-refractivity contribution in [2.24, 2.45) is 0 Å². The number of anilines is 1. The van der Waals surface area contributed by atoms with Gasteiger partial charge in [-0.05, 0) is 43.7 Å². The molecule has 1 aliphatic heterocycles. The number of nitrogens with zero attached hydrogens (tertiary/aromatic N) is 2. The quantitative estimate of drug-likeness (QED) is 0.655. The van der Waals surface area contributed by atoms with Gasteiger partial charge in [-0.25, -0.2) is 0 Å². The van der Waals surface area contributed by atoms with E-state index in [2.05, 4.69) is 28.9 Å². The first-order chi connectivity index (χ1) is 13.6. The van der Waals surface area contributed by atoms with E-state index in [1.165, 1.54) is 5.69 Å². The third kappa shape index (κ3) is 5.99. The summed E-state index contributed by atoms with van der Waals surface area (Å²) in [6.07, 6.45) is 0.498. The maximum absolute atomic E-state index is 11.6. The van der Waals surface area contributed by atoms with Crippen molar-refractivity contribution in [3.05, 3.63) is 60.2 Å². The Morgan fingerprint density at radius 2 is 1.68 bits per heavy atom. The number of para-hydroxylation sites is 1. The van der Waals surface area contributed by atoms with Gasteiger partial charge in [-0.15, -0.1) is 0 Å². The molecule has 1 unspecified atom stereocenters. The van der Waals surface area contributed by atoms with E-state index in [-0.39, 0.29) is 12.1 Å². The molecule has 1 fully saturated rings. The second-order valence-electron chi connectivity index (χ2n) is 7.18. The molecular weight excluding hydrogens is 352 g/mol. The summed E-state index contributed by atoms with van der Waals surface area (Å²) in [7, 11) is 0. The molecule has 0 bridgehead atoms. The lowest BCUT2D eigenvalue weighted by Crippen LogP contribution is -2.48. The second kappa shape index (κ2) is 10.1. The third-order valence-corrected chi connectivity index (χ3v) is 4.92. The molecule has 2 aromatic carbocycles. The van der Waals surface area contributed by atoms with Gasteiger partial charge in [0, 0.05) is 38.4 Å². The molecule has 5 nitrogen and oxygen atoms in total. The van der Waals surface area contributed by atoms with E-state index >= 15 is 0 Å². The molecule has 0 saturated carbocycles. The van der Waals surface area contributed by atoms with Crippen molar-refractivity contribution in [3.8, 4) is 5.75 Å². The summed E-state index contributed by atoms with van der Waals surface area (Å²) in [5.41, 5.74) is 2.20. The van der Waals surface area contributed by atoms with Crippen LogP contribution in [0.25, 0.3) is 0 Å². The van der Waals surface area contributed by atoms with Crippen molar-refractivity contribution in [2.75, 3.05) is 44.2 Å². The number of esters is 1. The summed E-state index contributed by atoms with van der Waals surface area (Å²) < 4.78 is 11.0. The largest absolute Gasteiger partial charge is 0.489 e. The van der Waals surface area contributed by atoms with Gasteiger partial charge in [0.15, 0.2) is 0 Å². The van der Waals surface area contributed by atoms with Gasteiger partial charge in [-0.1, -0.05) is 30.3 Å². The summed E-state index contributed by atoms with van der Waals surface area (Å²) in [6.45, 7) is 9.35. The number of ether oxygens (including phenoxy) is 2. The average Bonchev–Trinajstić information content (AvgIpc) is 2.70. The molecule has 0 N–H and O–H groups in total. The highest BCUT2D eigenvalue weighted by Crippen LogP contribution is 2.18. The fourth-order valence-corrected chi connectivity index (χ4v) is 3.52. The summed E-state index contributed by atoms with van der Waals surface area (Å²) in [4.78, 5) is 16.4. The lowest BCUT2D eigenvalue weighted by atomic mass is 10.1. The molecule has 0 aromatic heterocycles. The van der Waals surface area contributed by atoms with Gasteiger partial charge in [0.05, 0.1) is 13.0 Å². The summed E-state index contributed by atoms with van der Waals surface area (Å²) >= 11 is 0. The first-order valence-corrected chi connectivity index (χ1v) is 10.1. The van der Waals surface area contributed by atoms with E-state index in [0.29, 0.717) is 13.0 Å². The monoisotopic (exact) mass is 382 g/mol. The molecule has 0 radical (unpaired) electrons. The van der Waals surface area contributed by atoms with E-state index in [1.807, 2.05) is 49.4 Å². The third-order valence-electron chi connectivity index (χ3n) is 4.92. The summed E-state index contributed by atoms with van der Waals surface area (Å²) in [5, 5.41) is 0. The number of hydrogen-bond acceptors (Lipinski definition) is 5. The molecule has 1 heterocycles. The minimum atomic E-state index is -0.171. The van der Waals surface area contributed by atoms with Gasteiger partial charge in [0.25, 0.3) is 0 Å². The van der Waals surface area contributed by atoms with E-state index in [9.17, 15) is 4.79 Å². The first-order valence-electron chi connectivity index (χ1n) is 10.1. The van der Waals surface area contributed by atoms with Crippen LogP contribution in [0.5, 0.6) is 5.75 Å². The topological polar surface area (TPSA) is 42.0 Å². The van der Waals surface area contributed by atoms with Crippen molar-refractivity contribution in [3.63, 3.8) is 0 Å². The Morgan fingerprint density at radius 1 is 1.00 bits per heavy atom. The molecule has 0 amide bonds. The van der Waals surface area contributed by atoms with Crippen molar-refractivity contribution in [1.82, 2.24) is 4.90 Å². The van der Waals surface area contributed by atoms with Crippen LogP contribution in [-0.4, -0.2) is 56.3 Å². The van der Waals surface area contributed by atoms with Crippen LogP contribution in [0.1, 0.15) is 19.4 Å². The Morgan fingerprint density at radius 3 is 2.32 bits per heavy atom. The molecule has 0 spiro atoms. The van der Waals surface area contributed by atoms with Crippen LogP contribution in [0.3, 0.4) is 0 Å². The number of piperazine rings is 1. The number of rotatable bonds is 8. The van der Waals surface area contributed by atoms with E-state index in [1.54, 1.807) is 0 Å². The highest BCUT2D eigenvalue weighted by molar-refractivity contribution is 5.72. The summed E-state index contributed by atoms with van der Waals surface area (Å²) in [6, 6.07) is 18.2. The zero-order valence-electron chi connectivity index (χ0n) is 16.8. The predicted molar refractivity (Wildman–Crippen MR) is 112 cm³/mol. The van der Waals surface area contributed by atoms with E-state index < -0.39 is 0 Å². The highest BCUT2D eigenvalue weighted by atomic mass is 16.5. The SMILES string of the molecule is CCOC(=O)Cc1ccc(N2CCN(CC(C)Oc3ccccc3)CC2)cc1. The standard InChI is InChI=1S/C23H30N2O3/c1-3-27-23(26)17-20-9-11-21(12-10-20)25-15-13-24(14-16-25)18-19(2)28-22-7-5-4-6-8-22/h4-12,19H,3,13-18H2,1-2H3. The predicted octanol–water partition coefficient (Wildman–Crippen LogP) is 3.38. The van der Waals surface area contributed by atoms with Gasteiger partial charge < -0.3 is 14.4 Å². The zero-order chi connectivity index (χ0) is 19.8.